The molecule has 1 aromatic carbocycles. The summed E-state index contributed by atoms with van der Waals surface area (Å²) >= 11 is 0. The summed E-state index contributed by atoms with van der Waals surface area (Å²) in [5.74, 6) is -12.2. The lowest BCUT2D eigenvalue weighted by Gasteiger charge is -2.15. The van der Waals surface area contributed by atoms with Crippen molar-refractivity contribution in [2.75, 3.05) is 5.32 Å². The molecule has 8 heteroatoms. The minimum Gasteiger partial charge on any atom is -0.480 e. The van der Waals surface area contributed by atoms with Gasteiger partial charge < -0.3 is 10.4 Å². The van der Waals surface area contributed by atoms with Crippen molar-refractivity contribution in [3.63, 3.8) is 0 Å². The van der Waals surface area contributed by atoms with Gasteiger partial charge in [0.05, 0.1) is 0 Å². The Morgan fingerprint density at radius 2 is 1.44 bits per heavy atom. The molecule has 0 bridgehead atoms. The normalized spacial score (nSPS) is 12.3. The Morgan fingerprint density at radius 3 is 1.78 bits per heavy atom. The van der Waals surface area contributed by atoms with Gasteiger partial charge in [-0.15, -0.1) is 0 Å². The average molecular weight is 269 g/mol. The Labute approximate surface area is 98.2 Å². The number of benzene rings is 1. The third-order valence-electron chi connectivity index (χ3n) is 2.23. The van der Waals surface area contributed by atoms with Crippen LogP contribution >= 0.6 is 0 Å². The van der Waals surface area contributed by atoms with Crippen LogP contribution in [0.2, 0.25) is 0 Å². The van der Waals surface area contributed by atoms with Crippen molar-refractivity contribution in [3.05, 3.63) is 29.1 Å². The van der Waals surface area contributed by atoms with E-state index in [1.54, 1.807) is 5.32 Å². The standard InChI is InChI=1S/C10H8F5NO2/c1-2-3(10(17)18)16-9-7(14)5(12)4(11)6(13)8(9)15/h3,16H,2H2,1H3,(H,17,18). The molecule has 0 spiro atoms. The van der Waals surface area contributed by atoms with Crippen LogP contribution in [-0.4, -0.2) is 17.1 Å². The molecule has 1 atom stereocenters. The second-order valence-electron chi connectivity index (χ2n) is 3.39. The lowest BCUT2D eigenvalue weighted by atomic mass is 10.2. The lowest BCUT2D eigenvalue weighted by molar-refractivity contribution is -0.137. The number of hydrogen-bond acceptors (Lipinski definition) is 2. The predicted octanol–water partition coefficient (Wildman–Crippen LogP) is 2.66. The molecule has 100 valence electrons. The van der Waals surface area contributed by atoms with Crippen molar-refractivity contribution in [2.24, 2.45) is 0 Å². The summed E-state index contributed by atoms with van der Waals surface area (Å²) in [4.78, 5) is 10.6. The third-order valence-corrected chi connectivity index (χ3v) is 2.23. The molecule has 0 heterocycles. The van der Waals surface area contributed by atoms with Crippen LogP contribution in [-0.2, 0) is 4.79 Å². The molecule has 0 saturated heterocycles. The fourth-order valence-electron chi connectivity index (χ4n) is 1.24. The maximum absolute atomic E-state index is 13.2. The van der Waals surface area contributed by atoms with Gasteiger partial charge in [0.15, 0.2) is 23.3 Å². The van der Waals surface area contributed by atoms with E-state index in [0.717, 1.165) is 0 Å². The van der Waals surface area contributed by atoms with E-state index in [2.05, 4.69) is 0 Å². The molecule has 1 aromatic rings. The number of carboxylic acid groups (broad SMARTS) is 1. The van der Waals surface area contributed by atoms with Gasteiger partial charge in [0.2, 0.25) is 5.82 Å². The molecule has 0 aliphatic rings. The molecule has 0 fully saturated rings. The second kappa shape index (κ2) is 5.19. The molecule has 0 aliphatic heterocycles. The molecule has 1 rings (SSSR count). The molecular formula is C10H8F5NO2. The minimum atomic E-state index is -2.29. The molecule has 0 radical (unpaired) electrons. The first kappa shape index (κ1) is 14.2. The fraction of sp³-hybridized carbons (Fsp3) is 0.300. The molecule has 0 saturated carbocycles. The number of carboxylic acids is 1. The molecule has 0 aromatic heterocycles. The number of rotatable bonds is 4. The van der Waals surface area contributed by atoms with E-state index >= 15 is 0 Å². The van der Waals surface area contributed by atoms with E-state index in [9.17, 15) is 26.7 Å². The van der Waals surface area contributed by atoms with Crippen molar-refractivity contribution in [3.8, 4) is 0 Å². The number of nitrogens with one attached hydrogen (secondary N) is 1. The van der Waals surface area contributed by atoms with Crippen LogP contribution in [0.25, 0.3) is 0 Å². The Morgan fingerprint density at radius 1 is 1.06 bits per heavy atom. The van der Waals surface area contributed by atoms with Crippen LogP contribution in [0, 0.1) is 29.1 Å². The molecule has 0 amide bonds. The highest BCUT2D eigenvalue weighted by molar-refractivity contribution is 5.77. The first-order valence-corrected chi connectivity index (χ1v) is 4.82. The maximum atomic E-state index is 13.2. The molecule has 3 nitrogen and oxygen atoms in total. The Balaban J connectivity index is 3.29. The van der Waals surface area contributed by atoms with E-state index in [4.69, 9.17) is 5.11 Å². The van der Waals surface area contributed by atoms with Crippen molar-refractivity contribution in [2.45, 2.75) is 19.4 Å². The largest absolute Gasteiger partial charge is 0.480 e. The summed E-state index contributed by atoms with van der Waals surface area (Å²) in [7, 11) is 0. The number of halogens is 5. The van der Waals surface area contributed by atoms with Crippen molar-refractivity contribution < 1.29 is 31.9 Å². The van der Waals surface area contributed by atoms with E-state index in [1.165, 1.54) is 6.92 Å². The first-order valence-electron chi connectivity index (χ1n) is 4.82. The highest BCUT2D eigenvalue weighted by Crippen LogP contribution is 2.27. The smallest absolute Gasteiger partial charge is 0.326 e. The fourth-order valence-corrected chi connectivity index (χ4v) is 1.24. The Hall–Kier alpha value is -1.86. The highest BCUT2D eigenvalue weighted by Gasteiger charge is 2.28. The van der Waals surface area contributed by atoms with E-state index in [1.807, 2.05) is 0 Å². The average Bonchev–Trinajstić information content (AvgIpc) is 2.34. The van der Waals surface area contributed by atoms with Gasteiger partial charge in [-0.1, -0.05) is 6.92 Å². The topological polar surface area (TPSA) is 49.3 Å². The number of aliphatic carboxylic acids is 1. The summed E-state index contributed by atoms with van der Waals surface area (Å²) < 4.78 is 64.7. The van der Waals surface area contributed by atoms with E-state index < -0.39 is 46.8 Å². The van der Waals surface area contributed by atoms with Gasteiger partial charge in [-0.3, -0.25) is 0 Å². The number of anilines is 1. The van der Waals surface area contributed by atoms with Gasteiger partial charge in [-0.2, -0.15) is 0 Å². The van der Waals surface area contributed by atoms with Gasteiger partial charge in [0.1, 0.15) is 11.7 Å². The summed E-state index contributed by atoms with van der Waals surface area (Å²) in [5, 5.41) is 10.4. The zero-order valence-corrected chi connectivity index (χ0v) is 9.03. The first-order chi connectivity index (χ1) is 8.31. The van der Waals surface area contributed by atoms with Gasteiger partial charge in [0.25, 0.3) is 0 Å². The van der Waals surface area contributed by atoms with Gasteiger partial charge in [-0.05, 0) is 6.42 Å². The monoisotopic (exact) mass is 269 g/mol. The molecule has 1 unspecified atom stereocenters. The van der Waals surface area contributed by atoms with E-state index in [0.29, 0.717) is 0 Å². The molecule has 0 aliphatic carbocycles. The van der Waals surface area contributed by atoms with Crippen LogP contribution in [0.4, 0.5) is 27.6 Å². The zero-order chi connectivity index (χ0) is 14.0. The van der Waals surface area contributed by atoms with Crippen LogP contribution < -0.4 is 5.32 Å². The summed E-state index contributed by atoms with van der Waals surface area (Å²) in [6.07, 6.45) is -0.102. The van der Waals surface area contributed by atoms with Crippen molar-refractivity contribution >= 4 is 11.7 Å². The number of hydrogen-bond donors (Lipinski definition) is 2. The van der Waals surface area contributed by atoms with Gasteiger partial charge >= 0.3 is 5.97 Å². The molecular weight excluding hydrogens is 261 g/mol. The molecule has 18 heavy (non-hydrogen) atoms. The minimum absolute atomic E-state index is 0.102. The van der Waals surface area contributed by atoms with Crippen LogP contribution in [0.5, 0.6) is 0 Å². The Bertz CT molecular complexity index is 463. The van der Waals surface area contributed by atoms with Crippen molar-refractivity contribution in [1.29, 1.82) is 0 Å². The summed E-state index contributed by atoms with van der Waals surface area (Å²) in [5.41, 5.74) is -1.35. The van der Waals surface area contributed by atoms with E-state index in [-0.39, 0.29) is 6.42 Å². The van der Waals surface area contributed by atoms with Crippen molar-refractivity contribution in [1.82, 2.24) is 0 Å². The van der Waals surface area contributed by atoms with Crippen LogP contribution in [0.1, 0.15) is 13.3 Å². The highest BCUT2D eigenvalue weighted by atomic mass is 19.2. The van der Waals surface area contributed by atoms with Gasteiger partial charge in [-0.25, -0.2) is 26.7 Å². The Kier molecular flexibility index (Phi) is 4.10. The van der Waals surface area contributed by atoms with Crippen LogP contribution in [0.3, 0.4) is 0 Å². The number of carbonyl (C=O) groups is 1. The second-order valence-corrected chi connectivity index (χ2v) is 3.39. The zero-order valence-electron chi connectivity index (χ0n) is 9.03. The molecule has 2 N–H and O–H groups in total. The van der Waals surface area contributed by atoms with Crippen LogP contribution in [0.15, 0.2) is 0 Å². The summed E-state index contributed by atoms with van der Waals surface area (Å²) in [6, 6.07) is -1.46. The third kappa shape index (κ3) is 2.36. The summed E-state index contributed by atoms with van der Waals surface area (Å²) in [6.45, 7) is 1.37. The lowest BCUT2D eigenvalue weighted by Crippen LogP contribution is -2.29. The quantitative estimate of drug-likeness (QED) is 0.502. The SMILES string of the molecule is CCC(Nc1c(F)c(F)c(F)c(F)c1F)C(=O)O. The predicted molar refractivity (Wildman–Crippen MR) is 51.6 cm³/mol. The van der Waals surface area contributed by atoms with Gasteiger partial charge in [0, 0.05) is 0 Å². The maximum Gasteiger partial charge on any atom is 0.326 e.